The van der Waals surface area contributed by atoms with Crippen molar-refractivity contribution < 1.29 is 13.2 Å². The second-order valence-electron chi connectivity index (χ2n) is 5.70. The van der Waals surface area contributed by atoms with Gasteiger partial charge in [0.05, 0.1) is 5.56 Å². The van der Waals surface area contributed by atoms with Crippen LogP contribution in [-0.4, -0.2) is 0 Å². The molecule has 2 aromatic rings. The molecule has 22 heavy (non-hydrogen) atoms. The second kappa shape index (κ2) is 4.60. The summed E-state index contributed by atoms with van der Waals surface area (Å²) in [4.78, 5) is 0. The van der Waals surface area contributed by atoms with E-state index in [1.165, 1.54) is 17.2 Å². The van der Waals surface area contributed by atoms with Gasteiger partial charge in [-0.25, -0.2) is 0 Å². The minimum atomic E-state index is -4.33. The first-order valence-corrected chi connectivity index (χ1v) is 7.22. The van der Waals surface area contributed by atoms with Crippen molar-refractivity contribution in [2.45, 2.75) is 19.0 Å². The predicted molar refractivity (Wildman–Crippen MR) is 81.2 cm³/mol. The maximum Gasteiger partial charge on any atom is 0.416 e. The molecule has 2 aliphatic carbocycles. The van der Waals surface area contributed by atoms with Gasteiger partial charge in [0.25, 0.3) is 0 Å². The molecule has 0 aromatic heterocycles. The van der Waals surface area contributed by atoms with E-state index in [1.54, 1.807) is 12.1 Å². The zero-order chi connectivity index (χ0) is 15.3. The lowest BCUT2D eigenvalue weighted by Crippen LogP contribution is -2.11. The summed E-state index contributed by atoms with van der Waals surface area (Å²) in [6.07, 6.45) is 1.10. The van der Waals surface area contributed by atoms with E-state index in [4.69, 9.17) is 0 Å². The van der Waals surface area contributed by atoms with Gasteiger partial charge in [-0.2, -0.15) is 13.2 Å². The third kappa shape index (κ3) is 2.00. The molecule has 0 N–H and O–H groups in total. The van der Waals surface area contributed by atoms with Crippen LogP contribution in [0.2, 0.25) is 0 Å². The third-order valence-electron chi connectivity index (χ3n) is 4.36. The van der Waals surface area contributed by atoms with Crippen LogP contribution >= 0.6 is 0 Å². The molecule has 2 aliphatic rings. The van der Waals surface area contributed by atoms with E-state index in [2.05, 4.69) is 12.1 Å². The number of rotatable bonds is 1. The van der Waals surface area contributed by atoms with Gasteiger partial charge in [0.2, 0.25) is 0 Å². The molecule has 4 rings (SSSR count). The van der Waals surface area contributed by atoms with Gasteiger partial charge in [-0.05, 0) is 52.3 Å². The van der Waals surface area contributed by atoms with Crippen molar-refractivity contribution >= 4 is 11.1 Å². The molecule has 0 unspecified atom stereocenters. The van der Waals surface area contributed by atoms with E-state index in [0.717, 1.165) is 29.2 Å². The number of halogens is 3. The fourth-order valence-electron chi connectivity index (χ4n) is 3.42. The van der Waals surface area contributed by atoms with Crippen molar-refractivity contribution in [3.05, 3.63) is 82.4 Å². The van der Waals surface area contributed by atoms with Gasteiger partial charge < -0.3 is 0 Å². The highest BCUT2D eigenvalue weighted by Crippen LogP contribution is 2.42. The quantitative estimate of drug-likeness (QED) is 0.671. The maximum atomic E-state index is 13.2. The molecule has 0 saturated carbocycles. The molecule has 0 nitrogen and oxygen atoms in total. The molecule has 0 bridgehead atoms. The number of allylic oxidation sites excluding steroid dienone is 4. The molecule has 0 heterocycles. The fraction of sp³-hybridized carbons (Fsp3) is 0.158. The Morgan fingerprint density at radius 2 is 1.64 bits per heavy atom. The predicted octanol–water partition coefficient (Wildman–Crippen LogP) is 5.28. The van der Waals surface area contributed by atoms with Crippen LogP contribution in [0.1, 0.15) is 27.8 Å². The van der Waals surface area contributed by atoms with Crippen molar-refractivity contribution in [1.29, 1.82) is 0 Å². The smallest absolute Gasteiger partial charge is 0.166 e. The summed E-state index contributed by atoms with van der Waals surface area (Å²) in [6.45, 7) is 0. The highest BCUT2D eigenvalue weighted by molar-refractivity contribution is 5.93. The maximum absolute atomic E-state index is 13.2. The summed E-state index contributed by atoms with van der Waals surface area (Å²) < 4.78 is 39.7. The van der Waals surface area contributed by atoms with Gasteiger partial charge in [-0.15, -0.1) is 0 Å². The average molecular weight is 298 g/mol. The fourth-order valence-corrected chi connectivity index (χ4v) is 3.42. The Morgan fingerprint density at radius 1 is 0.864 bits per heavy atom. The van der Waals surface area contributed by atoms with Crippen molar-refractivity contribution in [2.24, 2.45) is 0 Å². The van der Waals surface area contributed by atoms with Crippen molar-refractivity contribution in [3.63, 3.8) is 0 Å². The largest absolute Gasteiger partial charge is 0.416 e. The Bertz CT molecular complexity index is 823. The standard InChI is InChI=1S/C19H13F3/c20-19(21,22)17-7-2-1-6-16(17)15-10-13-5-3-4-12-8-9-14(11-15)18(12)13/h1-7,9,11H,8,10H2. The average Bonchev–Trinajstić information content (AvgIpc) is 2.91. The molecule has 0 radical (unpaired) electrons. The van der Waals surface area contributed by atoms with Crippen LogP contribution in [0.15, 0.2) is 54.6 Å². The van der Waals surface area contributed by atoms with Crippen LogP contribution in [0, 0.1) is 0 Å². The molecule has 0 spiro atoms. The Balaban J connectivity index is 1.86. The number of benzene rings is 2. The zero-order valence-electron chi connectivity index (χ0n) is 11.7. The van der Waals surface area contributed by atoms with Crippen LogP contribution in [0.5, 0.6) is 0 Å². The number of hydrogen-bond acceptors (Lipinski definition) is 0. The first-order chi connectivity index (χ1) is 10.5. The van der Waals surface area contributed by atoms with Crippen LogP contribution < -0.4 is 0 Å². The third-order valence-corrected chi connectivity index (χ3v) is 4.36. The number of alkyl halides is 3. The highest BCUT2D eigenvalue weighted by atomic mass is 19.4. The summed E-state index contributed by atoms with van der Waals surface area (Å²) in [6, 6.07) is 11.9. The molecule has 0 amide bonds. The minimum absolute atomic E-state index is 0.291. The van der Waals surface area contributed by atoms with Crippen LogP contribution in [0.4, 0.5) is 13.2 Å². The van der Waals surface area contributed by atoms with Gasteiger partial charge >= 0.3 is 6.18 Å². The van der Waals surface area contributed by atoms with Crippen LogP contribution in [0.25, 0.3) is 11.1 Å². The molecule has 0 saturated heterocycles. The lowest BCUT2D eigenvalue weighted by molar-refractivity contribution is -0.137. The molecule has 0 aliphatic heterocycles. The van der Waals surface area contributed by atoms with E-state index < -0.39 is 11.7 Å². The summed E-state index contributed by atoms with van der Waals surface area (Å²) in [5, 5.41) is 0. The van der Waals surface area contributed by atoms with E-state index >= 15 is 0 Å². The lowest BCUT2D eigenvalue weighted by Gasteiger charge is -2.21. The van der Waals surface area contributed by atoms with Gasteiger partial charge in [0, 0.05) is 0 Å². The summed E-state index contributed by atoms with van der Waals surface area (Å²) in [7, 11) is 0. The summed E-state index contributed by atoms with van der Waals surface area (Å²) in [5.74, 6) is 0. The lowest BCUT2D eigenvalue weighted by atomic mass is 9.84. The molecule has 0 atom stereocenters. The summed E-state index contributed by atoms with van der Waals surface area (Å²) >= 11 is 0. The van der Waals surface area contributed by atoms with Crippen molar-refractivity contribution in [3.8, 4) is 0 Å². The second-order valence-corrected chi connectivity index (χ2v) is 5.70. The first kappa shape index (κ1) is 13.4. The van der Waals surface area contributed by atoms with Gasteiger partial charge in [-0.3, -0.25) is 0 Å². The van der Waals surface area contributed by atoms with Crippen LogP contribution in [0.3, 0.4) is 0 Å². The van der Waals surface area contributed by atoms with Crippen molar-refractivity contribution in [1.82, 2.24) is 0 Å². The van der Waals surface area contributed by atoms with E-state index in [-0.39, 0.29) is 0 Å². The monoisotopic (exact) mass is 298 g/mol. The van der Waals surface area contributed by atoms with E-state index in [0.29, 0.717) is 12.0 Å². The Kier molecular flexibility index (Phi) is 2.80. The Labute approximate surface area is 126 Å². The molecule has 3 heteroatoms. The molecular weight excluding hydrogens is 285 g/mol. The SMILES string of the molecule is FC(F)(F)c1ccccc1C1=CC2=CCc3cccc(c32)C1. The molecule has 0 fully saturated rings. The summed E-state index contributed by atoms with van der Waals surface area (Å²) in [5.41, 5.74) is 5.14. The van der Waals surface area contributed by atoms with E-state index in [9.17, 15) is 13.2 Å². The zero-order valence-corrected chi connectivity index (χ0v) is 11.7. The van der Waals surface area contributed by atoms with Gasteiger partial charge in [0.1, 0.15) is 0 Å². The first-order valence-electron chi connectivity index (χ1n) is 7.22. The molecular formula is C19H13F3. The van der Waals surface area contributed by atoms with Gasteiger partial charge in [-0.1, -0.05) is 48.6 Å². The van der Waals surface area contributed by atoms with Crippen molar-refractivity contribution in [2.75, 3.05) is 0 Å². The number of hydrogen-bond donors (Lipinski definition) is 0. The van der Waals surface area contributed by atoms with Crippen LogP contribution in [-0.2, 0) is 19.0 Å². The minimum Gasteiger partial charge on any atom is -0.166 e. The normalized spacial score (nSPS) is 16.1. The van der Waals surface area contributed by atoms with Gasteiger partial charge in [0.15, 0.2) is 0 Å². The molecule has 110 valence electrons. The molecule has 2 aromatic carbocycles. The van der Waals surface area contributed by atoms with E-state index in [1.807, 2.05) is 18.2 Å². The highest BCUT2D eigenvalue weighted by Gasteiger charge is 2.34. The topological polar surface area (TPSA) is 0 Å². The Morgan fingerprint density at radius 3 is 2.45 bits per heavy atom. The Hall–Kier alpha value is -2.29.